The molecule has 0 radical (unpaired) electrons. The van der Waals surface area contributed by atoms with Crippen molar-refractivity contribution in [3.63, 3.8) is 0 Å². The van der Waals surface area contributed by atoms with Crippen LogP contribution < -0.4 is 0 Å². The third-order valence-electron chi connectivity index (χ3n) is 3.82. The van der Waals surface area contributed by atoms with Crippen LogP contribution in [0.3, 0.4) is 0 Å². The van der Waals surface area contributed by atoms with Gasteiger partial charge < -0.3 is 14.4 Å². The first-order valence-corrected chi connectivity index (χ1v) is 6.86. The first kappa shape index (κ1) is 14.6. The highest BCUT2D eigenvalue weighted by Crippen LogP contribution is 2.43. The number of aromatic carboxylic acids is 1. The van der Waals surface area contributed by atoms with Crippen molar-refractivity contribution in [3.05, 3.63) is 23.7 Å². The van der Waals surface area contributed by atoms with Crippen LogP contribution in [0.1, 0.15) is 61.4 Å². The zero-order valence-electron chi connectivity index (χ0n) is 12.3. The molecule has 1 saturated carbocycles. The van der Waals surface area contributed by atoms with Crippen LogP contribution in [-0.2, 0) is 0 Å². The smallest absolute Gasteiger partial charge is 0.338 e. The standard InChI is InChI=1S/C15H21NO4/c1-9(2)16(11-6-15(3,4)7-11)13(17)12-5-10(8-20-12)14(18)19/h5,8-9,11H,6-7H2,1-4H3,(H,18,19). The lowest BCUT2D eigenvalue weighted by atomic mass is 9.67. The van der Waals surface area contributed by atoms with E-state index in [1.165, 1.54) is 6.07 Å². The van der Waals surface area contributed by atoms with Gasteiger partial charge in [0, 0.05) is 18.2 Å². The second-order valence-electron chi connectivity index (χ2n) is 6.54. The summed E-state index contributed by atoms with van der Waals surface area (Å²) in [5.74, 6) is -1.22. The van der Waals surface area contributed by atoms with Gasteiger partial charge in [-0.2, -0.15) is 0 Å². The molecule has 2 rings (SSSR count). The second-order valence-corrected chi connectivity index (χ2v) is 6.54. The van der Waals surface area contributed by atoms with Crippen molar-refractivity contribution in [1.29, 1.82) is 0 Å². The maximum absolute atomic E-state index is 12.5. The van der Waals surface area contributed by atoms with E-state index in [1.54, 1.807) is 4.90 Å². The van der Waals surface area contributed by atoms with Crippen LogP contribution in [0, 0.1) is 5.41 Å². The van der Waals surface area contributed by atoms with Gasteiger partial charge in [0.2, 0.25) is 0 Å². The average molecular weight is 279 g/mol. The normalized spacial score (nSPS) is 17.9. The van der Waals surface area contributed by atoms with Gasteiger partial charge in [-0.1, -0.05) is 13.8 Å². The summed E-state index contributed by atoms with van der Waals surface area (Å²) >= 11 is 0. The van der Waals surface area contributed by atoms with Gasteiger partial charge in [-0.3, -0.25) is 4.79 Å². The molecule has 1 aromatic heterocycles. The highest BCUT2D eigenvalue weighted by atomic mass is 16.4. The molecule has 0 aromatic carbocycles. The van der Waals surface area contributed by atoms with Crippen molar-refractivity contribution in [2.24, 2.45) is 5.41 Å². The zero-order chi connectivity index (χ0) is 15.1. The number of nitrogens with zero attached hydrogens (tertiary/aromatic N) is 1. The molecule has 1 aromatic rings. The third-order valence-corrected chi connectivity index (χ3v) is 3.82. The van der Waals surface area contributed by atoms with Crippen LogP contribution in [0.15, 0.2) is 16.7 Å². The Kier molecular flexibility index (Phi) is 3.63. The minimum atomic E-state index is -1.09. The van der Waals surface area contributed by atoms with Crippen molar-refractivity contribution in [2.45, 2.75) is 52.6 Å². The Morgan fingerprint density at radius 1 is 1.40 bits per heavy atom. The van der Waals surface area contributed by atoms with E-state index in [4.69, 9.17) is 9.52 Å². The fourth-order valence-corrected chi connectivity index (χ4v) is 2.92. The molecule has 0 bridgehead atoms. The van der Waals surface area contributed by atoms with Gasteiger partial charge in [0.25, 0.3) is 5.91 Å². The number of furan rings is 1. The van der Waals surface area contributed by atoms with E-state index in [0.717, 1.165) is 19.1 Å². The maximum Gasteiger partial charge on any atom is 0.338 e. The number of amides is 1. The van der Waals surface area contributed by atoms with E-state index in [2.05, 4.69) is 13.8 Å². The molecular weight excluding hydrogens is 258 g/mol. The summed E-state index contributed by atoms with van der Waals surface area (Å²) in [6.45, 7) is 8.29. The van der Waals surface area contributed by atoms with Gasteiger partial charge in [-0.25, -0.2) is 4.79 Å². The third kappa shape index (κ3) is 2.71. The quantitative estimate of drug-likeness (QED) is 0.919. The largest absolute Gasteiger partial charge is 0.478 e. The molecule has 5 heteroatoms. The molecule has 110 valence electrons. The summed E-state index contributed by atoms with van der Waals surface area (Å²) < 4.78 is 5.12. The molecule has 1 amide bonds. The van der Waals surface area contributed by atoms with Crippen LogP contribution in [-0.4, -0.2) is 34.0 Å². The Bertz CT molecular complexity index is 522. The molecule has 1 heterocycles. The summed E-state index contributed by atoms with van der Waals surface area (Å²) in [6, 6.07) is 1.56. The molecule has 1 aliphatic carbocycles. The average Bonchev–Trinajstić information content (AvgIpc) is 2.75. The fraction of sp³-hybridized carbons (Fsp3) is 0.600. The fourth-order valence-electron chi connectivity index (χ4n) is 2.92. The highest BCUT2D eigenvalue weighted by molar-refractivity contribution is 5.95. The molecular formula is C15H21NO4. The first-order valence-electron chi connectivity index (χ1n) is 6.86. The Morgan fingerprint density at radius 3 is 2.40 bits per heavy atom. The number of carbonyl (C=O) groups is 2. The highest BCUT2D eigenvalue weighted by Gasteiger charge is 2.42. The lowest BCUT2D eigenvalue weighted by Gasteiger charge is -2.49. The van der Waals surface area contributed by atoms with Crippen LogP contribution in [0.4, 0.5) is 0 Å². The molecule has 0 atom stereocenters. The van der Waals surface area contributed by atoms with E-state index in [-0.39, 0.29) is 34.7 Å². The lowest BCUT2D eigenvalue weighted by Crippen LogP contribution is -2.53. The van der Waals surface area contributed by atoms with Crippen molar-refractivity contribution >= 4 is 11.9 Å². The summed E-state index contributed by atoms with van der Waals surface area (Å²) in [7, 11) is 0. The Labute approximate surface area is 118 Å². The van der Waals surface area contributed by atoms with Crippen LogP contribution in [0.5, 0.6) is 0 Å². The van der Waals surface area contributed by atoms with Crippen molar-refractivity contribution in [1.82, 2.24) is 4.90 Å². The predicted molar refractivity (Wildman–Crippen MR) is 73.8 cm³/mol. The first-order chi connectivity index (χ1) is 9.21. The van der Waals surface area contributed by atoms with Crippen LogP contribution in [0.2, 0.25) is 0 Å². The van der Waals surface area contributed by atoms with Crippen molar-refractivity contribution < 1.29 is 19.1 Å². The summed E-state index contributed by atoms with van der Waals surface area (Å²) in [5, 5.41) is 8.88. The van der Waals surface area contributed by atoms with E-state index in [0.29, 0.717) is 0 Å². The van der Waals surface area contributed by atoms with Gasteiger partial charge >= 0.3 is 5.97 Å². The summed E-state index contributed by atoms with van der Waals surface area (Å²) in [5.41, 5.74) is 0.277. The lowest BCUT2D eigenvalue weighted by molar-refractivity contribution is 0.00819. The van der Waals surface area contributed by atoms with Gasteiger partial charge in [0.15, 0.2) is 5.76 Å². The Hall–Kier alpha value is -1.78. The molecule has 0 unspecified atom stereocenters. The summed E-state index contributed by atoms with van der Waals surface area (Å²) in [6.07, 6.45) is 3.03. The monoisotopic (exact) mass is 279 g/mol. The minimum Gasteiger partial charge on any atom is -0.478 e. The van der Waals surface area contributed by atoms with Crippen molar-refractivity contribution in [2.75, 3.05) is 0 Å². The Morgan fingerprint density at radius 2 is 2.00 bits per heavy atom. The SMILES string of the molecule is CC(C)N(C(=O)c1cc(C(=O)O)co1)C1CC(C)(C)C1. The van der Waals surface area contributed by atoms with Gasteiger partial charge in [-0.15, -0.1) is 0 Å². The zero-order valence-corrected chi connectivity index (χ0v) is 12.3. The molecule has 0 saturated heterocycles. The number of hydrogen-bond acceptors (Lipinski definition) is 3. The molecule has 1 N–H and O–H groups in total. The predicted octanol–water partition coefficient (Wildman–Crippen LogP) is 3.02. The maximum atomic E-state index is 12.5. The topological polar surface area (TPSA) is 70.8 Å². The minimum absolute atomic E-state index is 0.00555. The summed E-state index contributed by atoms with van der Waals surface area (Å²) in [4.78, 5) is 25.2. The van der Waals surface area contributed by atoms with Gasteiger partial charge in [0.05, 0.1) is 5.56 Å². The number of carboxylic acids is 1. The molecule has 5 nitrogen and oxygen atoms in total. The van der Waals surface area contributed by atoms with E-state index in [9.17, 15) is 9.59 Å². The molecule has 0 spiro atoms. The molecule has 20 heavy (non-hydrogen) atoms. The van der Waals surface area contributed by atoms with Gasteiger partial charge in [-0.05, 0) is 32.1 Å². The Balaban J connectivity index is 2.17. The molecule has 0 aliphatic heterocycles. The van der Waals surface area contributed by atoms with Crippen LogP contribution >= 0.6 is 0 Å². The number of carbonyl (C=O) groups excluding carboxylic acids is 1. The number of hydrogen-bond donors (Lipinski definition) is 1. The molecule has 1 fully saturated rings. The number of carboxylic acid groups (broad SMARTS) is 1. The van der Waals surface area contributed by atoms with E-state index in [1.807, 2.05) is 13.8 Å². The number of rotatable bonds is 4. The van der Waals surface area contributed by atoms with Crippen LogP contribution in [0.25, 0.3) is 0 Å². The van der Waals surface area contributed by atoms with Crippen molar-refractivity contribution in [3.8, 4) is 0 Å². The van der Waals surface area contributed by atoms with Gasteiger partial charge in [0.1, 0.15) is 6.26 Å². The van der Waals surface area contributed by atoms with E-state index >= 15 is 0 Å². The molecule has 1 aliphatic rings. The second kappa shape index (κ2) is 4.96. The van der Waals surface area contributed by atoms with E-state index < -0.39 is 5.97 Å².